The second kappa shape index (κ2) is 8.08. The molecule has 7 nitrogen and oxygen atoms in total. The van der Waals surface area contributed by atoms with Crippen molar-refractivity contribution in [2.45, 2.75) is 37.1 Å². The molecule has 0 aromatic heterocycles. The van der Waals surface area contributed by atoms with Gasteiger partial charge >= 0.3 is 0 Å². The third-order valence-corrected chi connectivity index (χ3v) is 6.97. The Bertz CT molecular complexity index is 699. The smallest absolute Gasteiger partial charge is 0.240 e. The van der Waals surface area contributed by atoms with Gasteiger partial charge in [0.15, 0.2) is 4.90 Å². The molecule has 1 aromatic rings. The van der Waals surface area contributed by atoms with Gasteiger partial charge in [-0.15, -0.1) is 0 Å². The van der Waals surface area contributed by atoms with E-state index in [0.29, 0.717) is 18.8 Å². The van der Waals surface area contributed by atoms with E-state index in [1.54, 1.807) is 12.1 Å². The minimum atomic E-state index is -1.28. The van der Waals surface area contributed by atoms with E-state index in [9.17, 15) is 9.35 Å². The SMILES string of the molecule is CC(=O)Nc1ccc([S+]([O-])N2CCN=C2N2CCN(C3CCC3)CC2)cc1. The molecule has 1 saturated heterocycles. The summed E-state index contributed by atoms with van der Waals surface area (Å²) in [5, 5.41) is 2.74. The van der Waals surface area contributed by atoms with E-state index >= 15 is 0 Å². The molecule has 1 N–H and O–H groups in total. The largest absolute Gasteiger partial charge is 0.588 e. The number of rotatable bonds is 4. The highest BCUT2D eigenvalue weighted by Crippen LogP contribution is 2.27. The van der Waals surface area contributed by atoms with Gasteiger partial charge in [0.25, 0.3) is 0 Å². The van der Waals surface area contributed by atoms with Crippen LogP contribution in [-0.2, 0) is 16.2 Å². The molecule has 2 fully saturated rings. The predicted octanol–water partition coefficient (Wildman–Crippen LogP) is 1.51. The number of nitrogens with zero attached hydrogens (tertiary/aromatic N) is 4. The minimum absolute atomic E-state index is 0.112. The molecule has 0 bridgehead atoms. The molecule has 146 valence electrons. The van der Waals surface area contributed by atoms with Crippen molar-refractivity contribution < 1.29 is 9.35 Å². The number of anilines is 1. The van der Waals surface area contributed by atoms with Crippen LogP contribution in [0.1, 0.15) is 26.2 Å². The summed E-state index contributed by atoms with van der Waals surface area (Å²) in [5.74, 6) is 0.756. The highest BCUT2D eigenvalue weighted by molar-refractivity contribution is 7.89. The van der Waals surface area contributed by atoms with Gasteiger partial charge in [-0.2, -0.15) is 4.31 Å². The number of benzene rings is 1. The maximum absolute atomic E-state index is 13.1. The second-order valence-corrected chi connectivity index (χ2v) is 8.76. The van der Waals surface area contributed by atoms with Crippen molar-refractivity contribution in [1.82, 2.24) is 14.1 Å². The molecule has 2 aliphatic heterocycles. The van der Waals surface area contributed by atoms with Gasteiger partial charge in [-0.3, -0.25) is 9.69 Å². The first-order valence-electron chi connectivity index (χ1n) is 9.72. The predicted molar refractivity (Wildman–Crippen MR) is 107 cm³/mol. The van der Waals surface area contributed by atoms with Crippen molar-refractivity contribution in [2.75, 3.05) is 44.6 Å². The zero-order valence-corrected chi connectivity index (χ0v) is 16.6. The lowest BCUT2D eigenvalue weighted by Crippen LogP contribution is -2.56. The summed E-state index contributed by atoms with van der Waals surface area (Å²) in [6.07, 6.45) is 4.04. The van der Waals surface area contributed by atoms with Gasteiger partial charge < -0.3 is 14.8 Å². The molecule has 1 atom stereocenters. The number of hydrogen-bond donors (Lipinski definition) is 1. The normalized spacial score (nSPS) is 22.4. The number of nitrogens with one attached hydrogen (secondary N) is 1. The highest BCUT2D eigenvalue weighted by atomic mass is 32.2. The second-order valence-electron chi connectivity index (χ2n) is 7.35. The van der Waals surface area contributed by atoms with Gasteiger partial charge in [-0.05, 0) is 37.1 Å². The van der Waals surface area contributed by atoms with Crippen LogP contribution >= 0.6 is 0 Å². The third kappa shape index (κ3) is 4.07. The molecule has 1 unspecified atom stereocenters. The van der Waals surface area contributed by atoms with Gasteiger partial charge in [0.05, 0.1) is 13.1 Å². The van der Waals surface area contributed by atoms with Crippen LogP contribution in [0, 0.1) is 0 Å². The van der Waals surface area contributed by atoms with Crippen molar-refractivity contribution in [3.63, 3.8) is 0 Å². The first-order chi connectivity index (χ1) is 13.1. The van der Waals surface area contributed by atoms with Gasteiger partial charge in [-0.25, -0.2) is 4.99 Å². The maximum atomic E-state index is 13.1. The Balaban J connectivity index is 1.38. The van der Waals surface area contributed by atoms with Gasteiger partial charge in [0.2, 0.25) is 11.9 Å². The first-order valence-corrected chi connectivity index (χ1v) is 10.8. The van der Waals surface area contributed by atoms with Crippen molar-refractivity contribution in [2.24, 2.45) is 4.99 Å². The minimum Gasteiger partial charge on any atom is -0.588 e. The Hall–Kier alpha value is -1.77. The summed E-state index contributed by atoms with van der Waals surface area (Å²) in [6, 6.07) is 7.99. The number of hydrogen-bond acceptors (Lipinski definition) is 6. The fourth-order valence-corrected chi connectivity index (χ4v) is 5.05. The number of aliphatic imine (C=N–C) groups is 1. The summed E-state index contributed by atoms with van der Waals surface area (Å²) in [6.45, 7) is 6.87. The molecule has 1 aromatic carbocycles. The van der Waals surface area contributed by atoms with E-state index in [2.05, 4.69) is 20.1 Å². The quantitative estimate of drug-likeness (QED) is 0.790. The summed E-state index contributed by atoms with van der Waals surface area (Å²) < 4.78 is 15.0. The van der Waals surface area contributed by atoms with E-state index < -0.39 is 11.4 Å². The highest BCUT2D eigenvalue weighted by Gasteiger charge is 2.36. The van der Waals surface area contributed by atoms with Gasteiger partial charge in [0, 0.05) is 44.8 Å². The Morgan fingerprint density at radius 1 is 1.15 bits per heavy atom. The van der Waals surface area contributed by atoms with Crippen LogP contribution in [0.25, 0.3) is 0 Å². The monoisotopic (exact) mass is 389 g/mol. The topological polar surface area (TPSA) is 74.2 Å². The maximum Gasteiger partial charge on any atom is 0.240 e. The Morgan fingerprint density at radius 3 is 2.44 bits per heavy atom. The summed E-state index contributed by atoms with van der Waals surface area (Å²) in [7, 11) is 0. The Labute approximate surface area is 163 Å². The lowest BCUT2D eigenvalue weighted by molar-refractivity contribution is -0.114. The molecule has 8 heteroatoms. The zero-order valence-electron chi connectivity index (χ0n) is 15.8. The lowest BCUT2D eigenvalue weighted by atomic mass is 9.91. The molecular weight excluding hydrogens is 362 g/mol. The van der Waals surface area contributed by atoms with E-state index in [1.807, 2.05) is 16.4 Å². The van der Waals surface area contributed by atoms with E-state index in [1.165, 1.54) is 26.2 Å². The number of carbonyl (C=O) groups is 1. The molecule has 0 radical (unpaired) electrons. The fourth-order valence-electron chi connectivity index (χ4n) is 3.86. The summed E-state index contributed by atoms with van der Waals surface area (Å²) in [5.41, 5.74) is 0.714. The number of carbonyl (C=O) groups excluding carboxylic acids is 1. The van der Waals surface area contributed by atoms with Crippen LogP contribution < -0.4 is 5.32 Å². The molecule has 1 saturated carbocycles. The van der Waals surface area contributed by atoms with Crippen molar-refractivity contribution in [3.05, 3.63) is 24.3 Å². The molecular formula is C19H27N5O2S. The van der Waals surface area contributed by atoms with Crippen LogP contribution in [0.3, 0.4) is 0 Å². The van der Waals surface area contributed by atoms with Crippen LogP contribution in [0.4, 0.5) is 5.69 Å². The number of piperazine rings is 1. The Kier molecular flexibility index (Phi) is 5.56. The molecule has 2 heterocycles. The Morgan fingerprint density at radius 2 is 1.85 bits per heavy atom. The molecule has 3 aliphatic rings. The lowest BCUT2D eigenvalue weighted by Gasteiger charge is -2.43. The summed E-state index contributed by atoms with van der Waals surface area (Å²) in [4.78, 5) is 21.4. The van der Waals surface area contributed by atoms with Crippen LogP contribution in [0.5, 0.6) is 0 Å². The fraction of sp³-hybridized carbons (Fsp3) is 0.579. The van der Waals surface area contributed by atoms with Crippen LogP contribution in [-0.4, -0.2) is 75.8 Å². The first kappa shape index (κ1) is 18.6. The zero-order chi connectivity index (χ0) is 18.8. The molecule has 27 heavy (non-hydrogen) atoms. The van der Waals surface area contributed by atoms with E-state index in [4.69, 9.17) is 0 Å². The molecule has 1 amide bonds. The average Bonchev–Trinajstić information content (AvgIpc) is 3.10. The van der Waals surface area contributed by atoms with E-state index in [-0.39, 0.29) is 5.91 Å². The summed E-state index contributed by atoms with van der Waals surface area (Å²) >= 11 is -1.28. The van der Waals surface area contributed by atoms with Crippen LogP contribution in [0.2, 0.25) is 0 Å². The molecule has 4 rings (SSSR count). The number of guanidine groups is 1. The number of amides is 1. The molecule has 0 spiro atoms. The average molecular weight is 390 g/mol. The van der Waals surface area contributed by atoms with Crippen molar-refractivity contribution in [3.8, 4) is 0 Å². The van der Waals surface area contributed by atoms with Gasteiger partial charge in [-0.1, -0.05) is 6.42 Å². The standard InChI is InChI=1S/C19H27N5O2S/c1-15(25)21-16-5-7-18(8-6-16)27(26)24-10-9-20-19(24)23-13-11-22(12-14-23)17-3-2-4-17/h5-8,17H,2-4,9-14H2,1H3,(H,21,25). The van der Waals surface area contributed by atoms with Crippen molar-refractivity contribution >= 4 is 28.9 Å². The van der Waals surface area contributed by atoms with Gasteiger partial charge in [0.1, 0.15) is 11.4 Å². The van der Waals surface area contributed by atoms with Crippen molar-refractivity contribution in [1.29, 1.82) is 0 Å². The third-order valence-electron chi connectivity index (χ3n) is 5.54. The van der Waals surface area contributed by atoms with E-state index in [0.717, 1.165) is 43.1 Å². The van der Waals surface area contributed by atoms with Crippen LogP contribution in [0.15, 0.2) is 34.2 Å². The molecule has 1 aliphatic carbocycles.